The van der Waals surface area contributed by atoms with E-state index in [1.807, 2.05) is 19.2 Å². The van der Waals surface area contributed by atoms with Crippen LogP contribution in [0, 0.1) is 17.7 Å². The molecule has 0 spiro atoms. The van der Waals surface area contributed by atoms with E-state index in [9.17, 15) is 4.39 Å². The molecular formula is C17H26FN. The fraction of sp³-hybridized carbons (Fsp3) is 0.647. The molecule has 1 saturated carbocycles. The third kappa shape index (κ3) is 3.79. The molecule has 1 aliphatic rings. The first kappa shape index (κ1) is 14.5. The lowest BCUT2D eigenvalue weighted by Crippen LogP contribution is -2.38. The highest BCUT2D eigenvalue weighted by Crippen LogP contribution is 2.33. The van der Waals surface area contributed by atoms with E-state index in [2.05, 4.69) is 12.2 Å². The first-order valence-electron chi connectivity index (χ1n) is 7.65. The van der Waals surface area contributed by atoms with Gasteiger partial charge in [0, 0.05) is 6.04 Å². The highest BCUT2D eigenvalue weighted by Gasteiger charge is 2.27. The Labute approximate surface area is 116 Å². The van der Waals surface area contributed by atoms with E-state index >= 15 is 0 Å². The summed E-state index contributed by atoms with van der Waals surface area (Å²) in [5.74, 6) is 1.50. The molecule has 1 N–H and O–H groups in total. The zero-order valence-corrected chi connectivity index (χ0v) is 12.2. The second kappa shape index (κ2) is 7.04. The Morgan fingerprint density at radius 1 is 1.32 bits per heavy atom. The Kier molecular flexibility index (Phi) is 5.38. The molecule has 3 unspecified atom stereocenters. The van der Waals surface area contributed by atoms with Gasteiger partial charge in [-0.15, -0.1) is 0 Å². The molecule has 1 aromatic rings. The molecule has 0 saturated heterocycles. The minimum Gasteiger partial charge on any atom is -0.316 e. The summed E-state index contributed by atoms with van der Waals surface area (Å²) in [6, 6.07) is 7.59. The van der Waals surface area contributed by atoms with Crippen LogP contribution in [-0.2, 0) is 6.42 Å². The van der Waals surface area contributed by atoms with Crippen LogP contribution in [0.1, 0.15) is 44.6 Å². The third-order valence-corrected chi connectivity index (χ3v) is 4.74. The van der Waals surface area contributed by atoms with Gasteiger partial charge < -0.3 is 5.32 Å². The van der Waals surface area contributed by atoms with Crippen molar-refractivity contribution in [3.8, 4) is 0 Å². The molecule has 106 valence electrons. The maximum absolute atomic E-state index is 13.8. The van der Waals surface area contributed by atoms with Gasteiger partial charge in [0.15, 0.2) is 0 Å². The number of nitrogens with one attached hydrogen (secondary N) is 1. The minimum atomic E-state index is -0.0643. The summed E-state index contributed by atoms with van der Waals surface area (Å²) in [6.07, 6.45) is 7.39. The minimum absolute atomic E-state index is 0.0643. The van der Waals surface area contributed by atoms with Crippen molar-refractivity contribution in [2.75, 3.05) is 7.05 Å². The Morgan fingerprint density at radius 3 is 2.79 bits per heavy atom. The molecular weight excluding hydrogens is 237 g/mol. The maximum atomic E-state index is 13.8. The lowest BCUT2D eigenvalue weighted by Gasteiger charge is -2.34. The average Bonchev–Trinajstić information content (AvgIpc) is 2.46. The Hall–Kier alpha value is -0.890. The van der Waals surface area contributed by atoms with Gasteiger partial charge in [0.05, 0.1) is 0 Å². The summed E-state index contributed by atoms with van der Waals surface area (Å²) < 4.78 is 13.8. The van der Waals surface area contributed by atoms with E-state index in [1.165, 1.54) is 32.1 Å². The molecule has 1 fully saturated rings. The summed E-state index contributed by atoms with van der Waals surface area (Å²) in [4.78, 5) is 0. The van der Waals surface area contributed by atoms with Crippen molar-refractivity contribution >= 4 is 0 Å². The van der Waals surface area contributed by atoms with E-state index in [0.29, 0.717) is 12.0 Å². The molecule has 0 aliphatic heterocycles. The molecule has 1 aromatic carbocycles. The van der Waals surface area contributed by atoms with Crippen molar-refractivity contribution in [1.82, 2.24) is 5.32 Å². The van der Waals surface area contributed by atoms with E-state index < -0.39 is 0 Å². The normalized spacial score (nSPS) is 25.2. The summed E-state index contributed by atoms with van der Waals surface area (Å²) in [5.41, 5.74) is 0.848. The van der Waals surface area contributed by atoms with Crippen molar-refractivity contribution < 1.29 is 4.39 Å². The Morgan fingerprint density at radius 2 is 2.11 bits per heavy atom. The predicted molar refractivity (Wildman–Crippen MR) is 78.7 cm³/mol. The third-order valence-electron chi connectivity index (χ3n) is 4.74. The molecule has 1 aliphatic carbocycles. The van der Waals surface area contributed by atoms with Gasteiger partial charge in [-0.05, 0) is 49.8 Å². The lowest BCUT2D eigenvalue weighted by molar-refractivity contribution is 0.212. The van der Waals surface area contributed by atoms with Gasteiger partial charge in [-0.2, -0.15) is 0 Å². The zero-order chi connectivity index (χ0) is 13.7. The van der Waals surface area contributed by atoms with Gasteiger partial charge in [0.1, 0.15) is 5.82 Å². The van der Waals surface area contributed by atoms with Crippen molar-refractivity contribution in [3.05, 3.63) is 35.6 Å². The summed E-state index contributed by atoms with van der Waals surface area (Å²) >= 11 is 0. The van der Waals surface area contributed by atoms with Gasteiger partial charge in [-0.25, -0.2) is 4.39 Å². The molecule has 2 heteroatoms. The monoisotopic (exact) mass is 263 g/mol. The number of hydrogen-bond acceptors (Lipinski definition) is 1. The average molecular weight is 263 g/mol. The highest BCUT2D eigenvalue weighted by atomic mass is 19.1. The van der Waals surface area contributed by atoms with Crippen LogP contribution in [0.25, 0.3) is 0 Å². The van der Waals surface area contributed by atoms with Gasteiger partial charge in [0.25, 0.3) is 0 Å². The van der Waals surface area contributed by atoms with Crippen LogP contribution in [-0.4, -0.2) is 13.1 Å². The van der Waals surface area contributed by atoms with Crippen LogP contribution in [0.4, 0.5) is 4.39 Å². The molecule has 0 aromatic heterocycles. The second-order valence-corrected chi connectivity index (χ2v) is 5.89. The second-order valence-electron chi connectivity index (χ2n) is 5.89. The van der Waals surface area contributed by atoms with E-state index in [0.717, 1.165) is 17.9 Å². The van der Waals surface area contributed by atoms with Crippen LogP contribution in [0.5, 0.6) is 0 Å². The van der Waals surface area contributed by atoms with Gasteiger partial charge in [0.2, 0.25) is 0 Å². The smallest absolute Gasteiger partial charge is 0.126 e. The van der Waals surface area contributed by atoms with Gasteiger partial charge in [-0.1, -0.05) is 44.4 Å². The predicted octanol–water partition coefficient (Wildman–Crippen LogP) is 4.17. The first-order valence-corrected chi connectivity index (χ1v) is 7.65. The van der Waals surface area contributed by atoms with Gasteiger partial charge in [-0.3, -0.25) is 0 Å². The van der Waals surface area contributed by atoms with Crippen LogP contribution in [0.2, 0.25) is 0 Å². The van der Waals surface area contributed by atoms with Crippen molar-refractivity contribution in [1.29, 1.82) is 0 Å². The quantitative estimate of drug-likeness (QED) is 0.840. The number of halogens is 1. The lowest BCUT2D eigenvalue weighted by atomic mass is 9.75. The fourth-order valence-corrected chi connectivity index (χ4v) is 3.47. The largest absolute Gasteiger partial charge is 0.316 e. The zero-order valence-electron chi connectivity index (χ0n) is 12.2. The number of rotatable bonds is 5. The van der Waals surface area contributed by atoms with Crippen molar-refractivity contribution in [2.45, 2.75) is 51.5 Å². The number of hydrogen-bond donors (Lipinski definition) is 1. The van der Waals surface area contributed by atoms with Crippen LogP contribution in [0.15, 0.2) is 24.3 Å². The maximum Gasteiger partial charge on any atom is 0.126 e. The summed E-state index contributed by atoms with van der Waals surface area (Å²) in [5, 5.41) is 3.43. The standard InChI is InChI=1S/C17H26FN/c1-3-13-7-6-9-15(11-13)17(19-2)12-14-8-4-5-10-16(14)18/h4-5,8,10,13,15,17,19H,3,6-7,9,11-12H2,1-2H3. The molecule has 0 bridgehead atoms. The Bertz CT molecular complexity index is 391. The SMILES string of the molecule is CCC1CCCC(C(Cc2ccccc2F)NC)C1. The summed E-state index contributed by atoms with van der Waals surface area (Å²) in [7, 11) is 2.01. The molecule has 0 radical (unpaired) electrons. The van der Waals surface area contributed by atoms with Crippen molar-refractivity contribution in [3.63, 3.8) is 0 Å². The molecule has 19 heavy (non-hydrogen) atoms. The topological polar surface area (TPSA) is 12.0 Å². The fourth-order valence-electron chi connectivity index (χ4n) is 3.47. The number of likely N-dealkylation sites (N-methyl/N-ethyl adjacent to an activating group) is 1. The van der Waals surface area contributed by atoms with Crippen LogP contribution < -0.4 is 5.32 Å². The Balaban J connectivity index is 2.01. The summed E-state index contributed by atoms with van der Waals surface area (Å²) in [6.45, 7) is 2.29. The van der Waals surface area contributed by atoms with Crippen molar-refractivity contribution in [2.24, 2.45) is 11.8 Å². The van der Waals surface area contributed by atoms with Gasteiger partial charge >= 0.3 is 0 Å². The first-order chi connectivity index (χ1) is 9.24. The highest BCUT2D eigenvalue weighted by molar-refractivity contribution is 5.18. The molecule has 0 amide bonds. The van der Waals surface area contributed by atoms with E-state index in [4.69, 9.17) is 0 Å². The molecule has 1 nitrogen and oxygen atoms in total. The van der Waals surface area contributed by atoms with Crippen LogP contribution >= 0.6 is 0 Å². The van der Waals surface area contributed by atoms with Crippen LogP contribution in [0.3, 0.4) is 0 Å². The van der Waals surface area contributed by atoms with E-state index in [-0.39, 0.29) is 5.82 Å². The number of benzene rings is 1. The van der Waals surface area contributed by atoms with E-state index in [1.54, 1.807) is 12.1 Å². The molecule has 0 heterocycles. The molecule has 3 atom stereocenters. The molecule has 2 rings (SSSR count).